The number of amides is 1. The molecule has 1 rings (SSSR count). The lowest BCUT2D eigenvalue weighted by Gasteiger charge is -2.29. The van der Waals surface area contributed by atoms with Gasteiger partial charge in [-0.1, -0.05) is 24.3 Å². The highest BCUT2D eigenvalue weighted by atomic mass is 16.5. The highest BCUT2D eigenvalue weighted by molar-refractivity contribution is 5.79. The Morgan fingerprint density at radius 3 is 2.48 bits per heavy atom. The first-order valence-electron chi connectivity index (χ1n) is 7.18. The lowest BCUT2D eigenvalue weighted by Crippen LogP contribution is -2.43. The molecule has 118 valence electrons. The second-order valence-corrected chi connectivity index (χ2v) is 5.03. The van der Waals surface area contributed by atoms with Crippen LogP contribution in [-0.2, 0) is 27.2 Å². The third-order valence-corrected chi connectivity index (χ3v) is 3.48. The van der Waals surface area contributed by atoms with E-state index in [2.05, 4.69) is 0 Å². The summed E-state index contributed by atoms with van der Waals surface area (Å²) < 4.78 is 10.2. The minimum absolute atomic E-state index is 0.0164. The highest BCUT2D eigenvalue weighted by Crippen LogP contribution is 2.12. The first kappa shape index (κ1) is 17.6. The van der Waals surface area contributed by atoms with E-state index in [1.807, 2.05) is 31.2 Å². The summed E-state index contributed by atoms with van der Waals surface area (Å²) in [7, 11) is 3.27. The molecule has 1 amide bonds. The van der Waals surface area contributed by atoms with E-state index < -0.39 is 0 Å². The smallest absolute Gasteiger partial charge is 0.227 e. The van der Waals surface area contributed by atoms with Crippen LogP contribution in [0.2, 0.25) is 0 Å². The van der Waals surface area contributed by atoms with Crippen LogP contribution in [-0.4, -0.2) is 50.8 Å². The maximum atomic E-state index is 12.6. The molecule has 0 fully saturated rings. The van der Waals surface area contributed by atoms with Crippen molar-refractivity contribution >= 4 is 5.91 Å². The average molecular weight is 294 g/mol. The molecule has 0 aliphatic carbocycles. The van der Waals surface area contributed by atoms with Crippen LogP contribution >= 0.6 is 0 Å². The molecule has 21 heavy (non-hydrogen) atoms. The molecule has 5 nitrogen and oxygen atoms in total. The second-order valence-electron chi connectivity index (χ2n) is 5.03. The topological polar surface area (TPSA) is 64.8 Å². The van der Waals surface area contributed by atoms with Crippen LogP contribution in [0, 0.1) is 0 Å². The first-order chi connectivity index (χ1) is 10.1. The molecule has 0 aliphatic heterocycles. The molecule has 2 N–H and O–H groups in total. The molecular weight excluding hydrogens is 268 g/mol. The van der Waals surface area contributed by atoms with Crippen LogP contribution in [0.25, 0.3) is 0 Å². The monoisotopic (exact) mass is 294 g/mol. The molecule has 0 heterocycles. The van der Waals surface area contributed by atoms with Gasteiger partial charge in [0.1, 0.15) is 0 Å². The molecule has 1 unspecified atom stereocenters. The van der Waals surface area contributed by atoms with E-state index in [4.69, 9.17) is 15.2 Å². The summed E-state index contributed by atoms with van der Waals surface area (Å²) in [4.78, 5) is 14.4. The normalized spacial score (nSPS) is 12.2. The van der Waals surface area contributed by atoms with E-state index in [1.165, 1.54) is 0 Å². The molecule has 0 aromatic heterocycles. The van der Waals surface area contributed by atoms with Crippen molar-refractivity contribution in [3.05, 3.63) is 35.4 Å². The summed E-state index contributed by atoms with van der Waals surface area (Å²) in [5, 5.41) is 0. The summed E-state index contributed by atoms with van der Waals surface area (Å²) in [6.45, 7) is 4.00. The number of nitrogens with two attached hydrogens (primary N) is 1. The molecule has 5 heteroatoms. The SMILES string of the molecule is COCCN(C(=O)Cc1ccccc1CN)C(C)COC. The van der Waals surface area contributed by atoms with Gasteiger partial charge in [0.05, 0.1) is 25.7 Å². The van der Waals surface area contributed by atoms with Gasteiger partial charge in [0.2, 0.25) is 5.91 Å². The summed E-state index contributed by atoms with van der Waals surface area (Å²) >= 11 is 0. The molecule has 0 bridgehead atoms. The van der Waals surface area contributed by atoms with E-state index in [0.29, 0.717) is 32.7 Å². The zero-order chi connectivity index (χ0) is 15.7. The number of rotatable bonds is 9. The molecular formula is C16H26N2O3. The predicted molar refractivity (Wildman–Crippen MR) is 83.0 cm³/mol. The zero-order valence-electron chi connectivity index (χ0n) is 13.2. The van der Waals surface area contributed by atoms with Crippen molar-refractivity contribution in [1.82, 2.24) is 4.90 Å². The molecule has 1 atom stereocenters. The van der Waals surface area contributed by atoms with Gasteiger partial charge in [-0.3, -0.25) is 4.79 Å². The third kappa shape index (κ3) is 5.46. The number of carbonyl (C=O) groups is 1. The summed E-state index contributed by atoms with van der Waals surface area (Å²) in [5.74, 6) is 0.0671. The van der Waals surface area contributed by atoms with Gasteiger partial charge in [-0.2, -0.15) is 0 Å². The van der Waals surface area contributed by atoms with Crippen molar-refractivity contribution in [3.8, 4) is 0 Å². The fourth-order valence-corrected chi connectivity index (χ4v) is 2.31. The van der Waals surface area contributed by atoms with Gasteiger partial charge in [0.15, 0.2) is 0 Å². The first-order valence-corrected chi connectivity index (χ1v) is 7.18. The van der Waals surface area contributed by atoms with Gasteiger partial charge in [-0.25, -0.2) is 0 Å². The Bertz CT molecular complexity index is 437. The Balaban J connectivity index is 2.79. The molecule has 0 saturated heterocycles. The van der Waals surface area contributed by atoms with Gasteiger partial charge in [-0.05, 0) is 18.1 Å². The molecule has 1 aromatic rings. The van der Waals surface area contributed by atoms with Crippen molar-refractivity contribution < 1.29 is 14.3 Å². The van der Waals surface area contributed by atoms with E-state index in [9.17, 15) is 4.79 Å². The number of hydrogen-bond donors (Lipinski definition) is 1. The Hall–Kier alpha value is -1.43. The Morgan fingerprint density at radius 2 is 1.90 bits per heavy atom. The van der Waals surface area contributed by atoms with Crippen molar-refractivity contribution in [3.63, 3.8) is 0 Å². The Labute approximate surface area is 127 Å². The highest BCUT2D eigenvalue weighted by Gasteiger charge is 2.20. The van der Waals surface area contributed by atoms with E-state index in [0.717, 1.165) is 11.1 Å². The van der Waals surface area contributed by atoms with Crippen LogP contribution in [0.5, 0.6) is 0 Å². The van der Waals surface area contributed by atoms with Gasteiger partial charge in [0.25, 0.3) is 0 Å². The summed E-state index contributed by atoms with van der Waals surface area (Å²) in [6.07, 6.45) is 0.352. The third-order valence-electron chi connectivity index (χ3n) is 3.48. The maximum absolute atomic E-state index is 12.6. The Kier molecular flexibility index (Phi) is 7.97. The van der Waals surface area contributed by atoms with E-state index >= 15 is 0 Å². The minimum Gasteiger partial charge on any atom is -0.383 e. The van der Waals surface area contributed by atoms with E-state index in [1.54, 1.807) is 19.1 Å². The van der Waals surface area contributed by atoms with Gasteiger partial charge in [0, 0.05) is 27.3 Å². The van der Waals surface area contributed by atoms with Gasteiger partial charge < -0.3 is 20.1 Å². The van der Waals surface area contributed by atoms with Crippen molar-refractivity contribution in [1.29, 1.82) is 0 Å². The summed E-state index contributed by atoms with van der Waals surface area (Å²) in [6, 6.07) is 7.80. The van der Waals surface area contributed by atoms with Crippen LogP contribution < -0.4 is 5.73 Å². The molecule has 1 aromatic carbocycles. The van der Waals surface area contributed by atoms with Gasteiger partial charge >= 0.3 is 0 Å². The molecule has 0 saturated carbocycles. The lowest BCUT2D eigenvalue weighted by molar-refractivity contribution is -0.134. The van der Waals surface area contributed by atoms with Crippen LogP contribution in [0.3, 0.4) is 0 Å². The number of benzene rings is 1. The summed E-state index contributed by atoms with van der Waals surface area (Å²) in [5.41, 5.74) is 7.72. The molecule has 0 radical (unpaired) electrons. The minimum atomic E-state index is 0.0164. The lowest BCUT2D eigenvalue weighted by atomic mass is 10.0. The number of hydrogen-bond acceptors (Lipinski definition) is 4. The average Bonchev–Trinajstić information content (AvgIpc) is 2.48. The quantitative estimate of drug-likeness (QED) is 0.743. The zero-order valence-corrected chi connectivity index (χ0v) is 13.2. The molecule has 0 spiro atoms. The number of carbonyl (C=O) groups excluding carboxylic acids is 1. The van der Waals surface area contributed by atoms with Crippen LogP contribution in [0.15, 0.2) is 24.3 Å². The number of methoxy groups -OCH3 is 2. The number of ether oxygens (including phenoxy) is 2. The van der Waals surface area contributed by atoms with Crippen molar-refractivity contribution in [2.45, 2.75) is 25.9 Å². The molecule has 0 aliphatic rings. The van der Waals surface area contributed by atoms with Gasteiger partial charge in [-0.15, -0.1) is 0 Å². The van der Waals surface area contributed by atoms with Crippen LogP contribution in [0.1, 0.15) is 18.1 Å². The van der Waals surface area contributed by atoms with Crippen molar-refractivity contribution in [2.24, 2.45) is 5.73 Å². The fourth-order valence-electron chi connectivity index (χ4n) is 2.31. The standard InChI is InChI=1S/C16H26N2O3/c1-13(12-21-3)18(8-9-20-2)16(19)10-14-6-4-5-7-15(14)11-17/h4-7,13H,8-12,17H2,1-3H3. The maximum Gasteiger partial charge on any atom is 0.227 e. The van der Waals surface area contributed by atoms with Crippen molar-refractivity contribution in [2.75, 3.05) is 34.0 Å². The second kappa shape index (κ2) is 9.50. The fraction of sp³-hybridized carbons (Fsp3) is 0.562. The van der Waals surface area contributed by atoms with Crippen LogP contribution in [0.4, 0.5) is 0 Å². The van der Waals surface area contributed by atoms with E-state index in [-0.39, 0.29) is 11.9 Å². The largest absolute Gasteiger partial charge is 0.383 e. The predicted octanol–water partition coefficient (Wildman–Crippen LogP) is 1.20. The Morgan fingerprint density at radius 1 is 1.24 bits per heavy atom. The number of nitrogens with zero attached hydrogens (tertiary/aromatic N) is 1.